The number of furan rings is 1. The normalized spacial score (nSPS) is 11.4. The molecule has 3 rings (SSSR count). The molecule has 0 N–H and O–H groups in total. The lowest BCUT2D eigenvalue weighted by atomic mass is 9.89. The molecular weight excluding hydrogens is 330 g/mol. The van der Waals surface area contributed by atoms with Crippen LogP contribution in [0, 0.1) is 11.6 Å². The van der Waals surface area contributed by atoms with Crippen LogP contribution in [0.3, 0.4) is 0 Å². The van der Waals surface area contributed by atoms with Crippen LogP contribution in [0.4, 0.5) is 8.78 Å². The van der Waals surface area contributed by atoms with Crippen LogP contribution in [-0.2, 0) is 19.3 Å². The van der Waals surface area contributed by atoms with Crippen LogP contribution in [0.15, 0.2) is 41.0 Å². The van der Waals surface area contributed by atoms with Gasteiger partial charge in [-0.15, -0.1) is 0 Å². The van der Waals surface area contributed by atoms with Gasteiger partial charge in [-0.3, -0.25) is 0 Å². The van der Waals surface area contributed by atoms with E-state index in [1.165, 1.54) is 0 Å². The largest absolute Gasteiger partial charge is 0.464 e. The minimum Gasteiger partial charge on any atom is -0.464 e. The molecule has 0 unspecified atom stereocenters. The van der Waals surface area contributed by atoms with E-state index in [1.54, 1.807) is 6.26 Å². The number of unbranched alkanes of at least 4 members (excludes halogenated alkanes) is 2. The summed E-state index contributed by atoms with van der Waals surface area (Å²) in [6, 6.07) is 8.88. The minimum absolute atomic E-state index is 0.418. The molecule has 1 heterocycles. The minimum atomic E-state index is -0.418. The SMILES string of the molecule is CCCCc1c(F)cc(F)c(CCCC)c1Cc1coc2ccccc12. The maximum absolute atomic E-state index is 14.6. The van der Waals surface area contributed by atoms with Gasteiger partial charge in [0, 0.05) is 23.4 Å². The van der Waals surface area contributed by atoms with Crippen molar-refractivity contribution >= 4 is 11.0 Å². The van der Waals surface area contributed by atoms with Gasteiger partial charge in [0.1, 0.15) is 17.2 Å². The average Bonchev–Trinajstić information content (AvgIpc) is 3.04. The van der Waals surface area contributed by atoms with E-state index in [2.05, 4.69) is 13.8 Å². The zero-order valence-electron chi connectivity index (χ0n) is 15.6. The first-order valence-electron chi connectivity index (χ1n) is 9.59. The van der Waals surface area contributed by atoms with Crippen LogP contribution in [0.25, 0.3) is 11.0 Å². The fourth-order valence-electron chi connectivity index (χ4n) is 3.58. The highest BCUT2D eigenvalue weighted by Gasteiger charge is 2.19. The van der Waals surface area contributed by atoms with Crippen molar-refractivity contribution in [2.45, 2.75) is 58.8 Å². The summed E-state index contributed by atoms with van der Waals surface area (Å²) in [5.41, 5.74) is 3.95. The zero-order valence-corrected chi connectivity index (χ0v) is 15.6. The summed E-state index contributed by atoms with van der Waals surface area (Å²) in [4.78, 5) is 0. The van der Waals surface area contributed by atoms with Crippen molar-refractivity contribution in [3.8, 4) is 0 Å². The second kappa shape index (κ2) is 8.48. The fourth-order valence-corrected chi connectivity index (χ4v) is 3.58. The third-order valence-electron chi connectivity index (χ3n) is 5.05. The van der Waals surface area contributed by atoms with Gasteiger partial charge in [0.15, 0.2) is 0 Å². The number of benzene rings is 2. The number of hydrogen-bond acceptors (Lipinski definition) is 1. The van der Waals surface area contributed by atoms with Gasteiger partial charge in [-0.1, -0.05) is 44.9 Å². The zero-order chi connectivity index (χ0) is 18.5. The Morgan fingerprint density at radius 1 is 0.846 bits per heavy atom. The van der Waals surface area contributed by atoms with Crippen molar-refractivity contribution in [3.05, 3.63) is 70.5 Å². The predicted molar refractivity (Wildman–Crippen MR) is 103 cm³/mol. The van der Waals surface area contributed by atoms with Crippen molar-refractivity contribution < 1.29 is 13.2 Å². The van der Waals surface area contributed by atoms with Crippen molar-refractivity contribution in [1.29, 1.82) is 0 Å². The standard InChI is InChI=1S/C23H26F2O/c1-3-5-9-18-20(19(10-6-4-2)22(25)14-21(18)24)13-16-15-26-23-12-8-7-11-17(16)23/h7-8,11-12,14-15H,3-6,9-10,13H2,1-2H3. The summed E-state index contributed by atoms with van der Waals surface area (Å²) in [6.07, 6.45) is 7.28. The Bertz CT molecular complexity index is 847. The van der Waals surface area contributed by atoms with Crippen LogP contribution in [-0.4, -0.2) is 0 Å². The molecule has 1 nitrogen and oxygen atoms in total. The molecule has 1 aromatic heterocycles. The summed E-state index contributed by atoms with van der Waals surface area (Å²) >= 11 is 0. The van der Waals surface area contributed by atoms with Gasteiger partial charge >= 0.3 is 0 Å². The highest BCUT2D eigenvalue weighted by molar-refractivity contribution is 5.81. The smallest absolute Gasteiger partial charge is 0.134 e. The average molecular weight is 356 g/mol. The van der Waals surface area contributed by atoms with Gasteiger partial charge in [-0.05, 0) is 48.4 Å². The first kappa shape index (κ1) is 18.6. The van der Waals surface area contributed by atoms with Crippen LogP contribution in [0.2, 0.25) is 0 Å². The van der Waals surface area contributed by atoms with Gasteiger partial charge in [0.05, 0.1) is 6.26 Å². The molecule has 3 aromatic rings. The van der Waals surface area contributed by atoms with E-state index in [9.17, 15) is 8.78 Å². The molecule has 0 spiro atoms. The van der Waals surface area contributed by atoms with E-state index in [4.69, 9.17) is 4.42 Å². The molecule has 0 atom stereocenters. The van der Waals surface area contributed by atoms with Gasteiger partial charge in [0.2, 0.25) is 0 Å². The molecule has 138 valence electrons. The second-order valence-electron chi connectivity index (χ2n) is 6.92. The molecule has 0 amide bonds. The van der Waals surface area contributed by atoms with Gasteiger partial charge < -0.3 is 4.42 Å². The van der Waals surface area contributed by atoms with Crippen LogP contribution in [0.5, 0.6) is 0 Å². The molecule has 0 aliphatic rings. The monoisotopic (exact) mass is 356 g/mol. The van der Waals surface area contributed by atoms with Gasteiger partial charge in [-0.25, -0.2) is 8.78 Å². The van der Waals surface area contributed by atoms with Gasteiger partial charge in [-0.2, -0.15) is 0 Å². The van der Waals surface area contributed by atoms with Crippen molar-refractivity contribution in [3.63, 3.8) is 0 Å². The Hall–Kier alpha value is -2.16. The lowest BCUT2D eigenvalue weighted by Gasteiger charge is -2.17. The van der Waals surface area contributed by atoms with Crippen LogP contribution < -0.4 is 0 Å². The Morgan fingerprint density at radius 3 is 2.08 bits per heavy atom. The Balaban J connectivity index is 2.09. The summed E-state index contributed by atoms with van der Waals surface area (Å²) in [7, 11) is 0. The third kappa shape index (κ3) is 3.82. The van der Waals surface area contributed by atoms with Crippen molar-refractivity contribution in [2.75, 3.05) is 0 Å². The Morgan fingerprint density at radius 2 is 1.46 bits per heavy atom. The molecular formula is C23H26F2O. The van der Waals surface area contributed by atoms with E-state index in [0.717, 1.165) is 53.8 Å². The quantitative estimate of drug-likeness (QED) is 0.424. The Labute approximate surface area is 154 Å². The molecule has 0 saturated heterocycles. The molecule has 0 fully saturated rings. The molecule has 0 aliphatic heterocycles. The highest BCUT2D eigenvalue weighted by atomic mass is 19.1. The number of fused-ring (bicyclic) bond motifs is 1. The summed E-state index contributed by atoms with van der Waals surface area (Å²) in [6.45, 7) is 4.17. The molecule has 0 bridgehead atoms. The predicted octanol–water partition coefficient (Wildman–Crippen LogP) is 6.99. The van der Waals surface area contributed by atoms with Crippen LogP contribution >= 0.6 is 0 Å². The number of rotatable bonds is 8. The molecule has 3 heteroatoms. The maximum atomic E-state index is 14.6. The topological polar surface area (TPSA) is 13.1 Å². The van der Waals surface area contributed by atoms with E-state index in [0.29, 0.717) is 30.4 Å². The van der Waals surface area contributed by atoms with E-state index < -0.39 is 11.6 Å². The molecule has 0 aliphatic carbocycles. The lowest BCUT2D eigenvalue weighted by molar-refractivity contribution is 0.550. The summed E-state index contributed by atoms with van der Waals surface area (Å²) < 4.78 is 34.9. The molecule has 0 radical (unpaired) electrons. The summed E-state index contributed by atoms with van der Waals surface area (Å²) in [5.74, 6) is -0.835. The van der Waals surface area contributed by atoms with Crippen molar-refractivity contribution in [2.24, 2.45) is 0 Å². The van der Waals surface area contributed by atoms with Crippen LogP contribution in [0.1, 0.15) is 61.8 Å². The highest BCUT2D eigenvalue weighted by Crippen LogP contribution is 2.30. The maximum Gasteiger partial charge on any atom is 0.134 e. The number of para-hydroxylation sites is 1. The van der Waals surface area contributed by atoms with E-state index >= 15 is 0 Å². The van der Waals surface area contributed by atoms with Gasteiger partial charge in [0.25, 0.3) is 0 Å². The molecule has 26 heavy (non-hydrogen) atoms. The van der Waals surface area contributed by atoms with E-state index in [-0.39, 0.29) is 0 Å². The molecule has 2 aromatic carbocycles. The fraction of sp³-hybridized carbons (Fsp3) is 0.391. The lowest BCUT2D eigenvalue weighted by Crippen LogP contribution is -2.08. The third-order valence-corrected chi connectivity index (χ3v) is 5.05. The number of halogens is 2. The first-order valence-corrected chi connectivity index (χ1v) is 9.59. The first-order chi connectivity index (χ1) is 12.7. The Kier molecular flexibility index (Phi) is 6.08. The molecule has 0 saturated carbocycles. The van der Waals surface area contributed by atoms with E-state index in [1.807, 2.05) is 24.3 Å². The van der Waals surface area contributed by atoms with Crippen molar-refractivity contribution in [1.82, 2.24) is 0 Å². The summed E-state index contributed by atoms with van der Waals surface area (Å²) in [5, 5.41) is 1.01. The number of hydrogen-bond donors (Lipinski definition) is 0. The second-order valence-corrected chi connectivity index (χ2v) is 6.92.